The first kappa shape index (κ1) is 16.0. The fraction of sp³-hybridized carbons (Fsp3) is 0.0952. The van der Waals surface area contributed by atoms with Gasteiger partial charge >= 0.3 is 6.03 Å². The molecule has 0 aliphatic carbocycles. The number of fused-ring (bicyclic) bond motifs is 2. The Kier molecular flexibility index (Phi) is 4.43. The van der Waals surface area contributed by atoms with Crippen LogP contribution in [0.3, 0.4) is 0 Å². The normalized spacial score (nSPS) is 10.8. The molecule has 0 aliphatic rings. The van der Waals surface area contributed by atoms with Crippen LogP contribution in [-0.2, 0) is 13.1 Å². The zero-order valence-corrected chi connectivity index (χ0v) is 14.1. The number of pyridine rings is 2. The summed E-state index contributed by atoms with van der Waals surface area (Å²) in [6, 6.07) is 19.5. The molecule has 0 unspecified atom stereocenters. The van der Waals surface area contributed by atoms with E-state index in [0.29, 0.717) is 13.1 Å². The number of nitrogens with zero attached hydrogens (tertiary/aromatic N) is 2. The molecule has 0 fully saturated rings. The van der Waals surface area contributed by atoms with Crippen LogP contribution in [0.25, 0.3) is 21.8 Å². The topological polar surface area (TPSA) is 66.9 Å². The molecule has 5 heteroatoms. The van der Waals surface area contributed by atoms with E-state index in [2.05, 4.69) is 20.6 Å². The van der Waals surface area contributed by atoms with E-state index >= 15 is 0 Å². The Hall–Kier alpha value is -3.47. The molecule has 26 heavy (non-hydrogen) atoms. The summed E-state index contributed by atoms with van der Waals surface area (Å²) in [4.78, 5) is 20.9. The zero-order chi connectivity index (χ0) is 17.8. The number of carbonyl (C=O) groups is 1. The van der Waals surface area contributed by atoms with Gasteiger partial charge in [-0.05, 0) is 35.4 Å². The quantitative estimate of drug-likeness (QED) is 0.593. The summed E-state index contributed by atoms with van der Waals surface area (Å²) in [5.74, 6) is 0. The standard InChI is InChI=1S/C21H18N4O/c26-21(24-13-15-5-1-9-19-17(15)7-3-11-22-19)25-14-16-6-2-10-20-18(16)8-4-12-23-20/h1-12H,13-14H2,(H2,24,25,26). The van der Waals surface area contributed by atoms with Crippen LogP contribution in [0.5, 0.6) is 0 Å². The summed E-state index contributed by atoms with van der Waals surface area (Å²) in [7, 11) is 0. The fourth-order valence-corrected chi connectivity index (χ4v) is 3.06. The predicted octanol–water partition coefficient (Wildman–Crippen LogP) is 3.78. The highest BCUT2D eigenvalue weighted by Crippen LogP contribution is 2.17. The Bertz CT molecular complexity index is 982. The molecular weight excluding hydrogens is 324 g/mol. The van der Waals surface area contributed by atoms with E-state index in [0.717, 1.165) is 32.9 Å². The van der Waals surface area contributed by atoms with Gasteiger partial charge in [-0.3, -0.25) is 9.97 Å². The largest absolute Gasteiger partial charge is 0.334 e. The third kappa shape index (κ3) is 3.32. The van der Waals surface area contributed by atoms with E-state index in [-0.39, 0.29) is 6.03 Å². The number of nitrogens with one attached hydrogen (secondary N) is 2. The number of urea groups is 1. The third-order valence-corrected chi connectivity index (χ3v) is 4.35. The molecule has 2 aromatic heterocycles. The van der Waals surface area contributed by atoms with Crippen LogP contribution < -0.4 is 10.6 Å². The van der Waals surface area contributed by atoms with Gasteiger partial charge in [0.2, 0.25) is 0 Å². The van der Waals surface area contributed by atoms with Crippen molar-refractivity contribution >= 4 is 27.8 Å². The van der Waals surface area contributed by atoms with Crippen LogP contribution in [0.1, 0.15) is 11.1 Å². The zero-order valence-electron chi connectivity index (χ0n) is 14.1. The van der Waals surface area contributed by atoms with E-state index in [4.69, 9.17) is 0 Å². The van der Waals surface area contributed by atoms with Crippen LogP contribution in [0, 0.1) is 0 Å². The lowest BCUT2D eigenvalue weighted by molar-refractivity contribution is 0.240. The molecule has 0 aliphatic heterocycles. The molecule has 2 amide bonds. The molecule has 2 aromatic carbocycles. The summed E-state index contributed by atoms with van der Waals surface area (Å²) < 4.78 is 0. The maximum atomic E-state index is 12.2. The molecule has 128 valence electrons. The highest BCUT2D eigenvalue weighted by Gasteiger charge is 2.06. The fourth-order valence-electron chi connectivity index (χ4n) is 3.06. The highest BCUT2D eigenvalue weighted by molar-refractivity contribution is 5.84. The van der Waals surface area contributed by atoms with Crippen LogP contribution in [0.15, 0.2) is 73.1 Å². The number of hydrogen-bond acceptors (Lipinski definition) is 3. The molecular formula is C21H18N4O. The minimum Gasteiger partial charge on any atom is -0.334 e. The second-order valence-electron chi connectivity index (χ2n) is 6.01. The number of amides is 2. The van der Waals surface area contributed by atoms with Gasteiger partial charge in [0.25, 0.3) is 0 Å². The van der Waals surface area contributed by atoms with Gasteiger partial charge in [0.05, 0.1) is 11.0 Å². The summed E-state index contributed by atoms with van der Waals surface area (Å²) in [5.41, 5.74) is 3.94. The van der Waals surface area contributed by atoms with Crippen molar-refractivity contribution in [2.24, 2.45) is 0 Å². The van der Waals surface area contributed by atoms with Gasteiger partial charge in [0.1, 0.15) is 0 Å². The van der Waals surface area contributed by atoms with Gasteiger partial charge in [-0.15, -0.1) is 0 Å². The van der Waals surface area contributed by atoms with E-state index in [1.165, 1.54) is 0 Å². The molecule has 0 spiro atoms. The van der Waals surface area contributed by atoms with Gasteiger partial charge in [-0.1, -0.05) is 36.4 Å². The molecule has 2 N–H and O–H groups in total. The van der Waals surface area contributed by atoms with Gasteiger partial charge in [-0.2, -0.15) is 0 Å². The van der Waals surface area contributed by atoms with Crippen molar-refractivity contribution in [3.8, 4) is 0 Å². The van der Waals surface area contributed by atoms with Gasteiger partial charge in [-0.25, -0.2) is 4.79 Å². The third-order valence-electron chi connectivity index (χ3n) is 4.35. The van der Waals surface area contributed by atoms with E-state index < -0.39 is 0 Å². The maximum Gasteiger partial charge on any atom is 0.315 e. The molecule has 2 heterocycles. The van der Waals surface area contributed by atoms with Gasteiger partial charge < -0.3 is 10.6 Å². The van der Waals surface area contributed by atoms with Crippen molar-refractivity contribution < 1.29 is 4.79 Å². The number of rotatable bonds is 4. The van der Waals surface area contributed by atoms with Crippen LogP contribution in [0.4, 0.5) is 4.79 Å². The van der Waals surface area contributed by atoms with Crippen LogP contribution >= 0.6 is 0 Å². The average molecular weight is 342 g/mol. The molecule has 0 atom stereocenters. The number of carbonyl (C=O) groups excluding carboxylic acids is 1. The lowest BCUT2D eigenvalue weighted by atomic mass is 10.1. The van der Waals surface area contributed by atoms with Crippen molar-refractivity contribution in [3.63, 3.8) is 0 Å². The van der Waals surface area contributed by atoms with E-state index in [1.54, 1.807) is 12.4 Å². The molecule has 4 aromatic rings. The van der Waals surface area contributed by atoms with Crippen molar-refractivity contribution in [1.29, 1.82) is 0 Å². The lowest BCUT2D eigenvalue weighted by Crippen LogP contribution is -2.34. The minimum atomic E-state index is -0.202. The Morgan fingerprint density at radius 1 is 0.692 bits per heavy atom. The predicted molar refractivity (Wildman–Crippen MR) is 103 cm³/mol. The highest BCUT2D eigenvalue weighted by atomic mass is 16.2. The summed E-state index contributed by atoms with van der Waals surface area (Å²) in [6.07, 6.45) is 3.54. The first-order chi connectivity index (χ1) is 12.8. The minimum absolute atomic E-state index is 0.202. The maximum absolute atomic E-state index is 12.2. The van der Waals surface area contributed by atoms with E-state index in [1.807, 2.05) is 60.7 Å². The monoisotopic (exact) mass is 342 g/mol. The summed E-state index contributed by atoms with van der Waals surface area (Å²) in [6.45, 7) is 0.901. The molecule has 5 nitrogen and oxygen atoms in total. The smallest absolute Gasteiger partial charge is 0.315 e. The average Bonchev–Trinajstić information content (AvgIpc) is 2.70. The van der Waals surface area contributed by atoms with Crippen LogP contribution in [0.2, 0.25) is 0 Å². The molecule has 0 saturated carbocycles. The van der Waals surface area contributed by atoms with Gasteiger partial charge in [0.15, 0.2) is 0 Å². The van der Waals surface area contributed by atoms with Crippen molar-refractivity contribution in [2.75, 3.05) is 0 Å². The SMILES string of the molecule is O=C(NCc1cccc2ncccc12)NCc1cccc2ncccc12. The first-order valence-electron chi connectivity index (χ1n) is 8.48. The Labute approximate surface area is 151 Å². The second-order valence-corrected chi connectivity index (χ2v) is 6.01. The Morgan fingerprint density at radius 2 is 1.19 bits per heavy atom. The number of hydrogen-bond donors (Lipinski definition) is 2. The van der Waals surface area contributed by atoms with Gasteiger partial charge in [0, 0.05) is 36.3 Å². The Balaban J connectivity index is 1.41. The number of benzene rings is 2. The molecule has 0 bridgehead atoms. The van der Waals surface area contributed by atoms with Crippen LogP contribution in [-0.4, -0.2) is 16.0 Å². The molecule has 0 radical (unpaired) electrons. The first-order valence-corrected chi connectivity index (χ1v) is 8.48. The lowest BCUT2D eigenvalue weighted by Gasteiger charge is -2.11. The van der Waals surface area contributed by atoms with Crippen molar-refractivity contribution in [1.82, 2.24) is 20.6 Å². The second kappa shape index (κ2) is 7.19. The summed E-state index contributed by atoms with van der Waals surface area (Å²) in [5, 5.41) is 7.93. The molecule has 4 rings (SSSR count). The van der Waals surface area contributed by atoms with Crippen molar-refractivity contribution in [3.05, 3.63) is 84.2 Å². The number of aromatic nitrogens is 2. The molecule has 0 saturated heterocycles. The van der Waals surface area contributed by atoms with Crippen molar-refractivity contribution in [2.45, 2.75) is 13.1 Å². The Morgan fingerprint density at radius 3 is 1.69 bits per heavy atom. The summed E-state index contributed by atoms with van der Waals surface area (Å²) >= 11 is 0. The van der Waals surface area contributed by atoms with E-state index in [9.17, 15) is 4.79 Å².